The molecule has 0 atom stereocenters. The summed E-state index contributed by atoms with van der Waals surface area (Å²) in [5.41, 5.74) is 2.02. The van der Waals surface area contributed by atoms with Gasteiger partial charge >= 0.3 is 7.82 Å². The van der Waals surface area contributed by atoms with E-state index in [1.54, 1.807) is 7.11 Å². The van der Waals surface area contributed by atoms with Crippen LogP contribution in [-0.4, -0.2) is 28.0 Å². The Morgan fingerprint density at radius 3 is 2.00 bits per heavy atom. The SMILES string of the molecule is COc1ccc(C=Nc2ccccc2)cc1.O=P(O)(O)O. The van der Waals surface area contributed by atoms with E-state index in [4.69, 9.17) is 24.0 Å². The molecule has 0 unspecified atom stereocenters. The van der Waals surface area contributed by atoms with E-state index in [9.17, 15) is 0 Å². The summed E-state index contributed by atoms with van der Waals surface area (Å²) in [6.45, 7) is 0. The minimum absolute atomic E-state index is 0.858. The number of nitrogens with zero attached hydrogens (tertiary/aromatic N) is 1. The Morgan fingerprint density at radius 1 is 1.00 bits per heavy atom. The van der Waals surface area contributed by atoms with Crippen molar-refractivity contribution in [3.63, 3.8) is 0 Å². The van der Waals surface area contributed by atoms with Gasteiger partial charge in [0, 0.05) is 6.21 Å². The average Bonchev–Trinajstić information content (AvgIpc) is 2.45. The van der Waals surface area contributed by atoms with E-state index >= 15 is 0 Å². The summed E-state index contributed by atoms with van der Waals surface area (Å²) in [5.74, 6) is 0.858. The van der Waals surface area contributed by atoms with Crippen LogP contribution in [0.25, 0.3) is 0 Å². The summed E-state index contributed by atoms with van der Waals surface area (Å²) in [6.07, 6.45) is 1.84. The van der Waals surface area contributed by atoms with Crippen LogP contribution in [-0.2, 0) is 4.57 Å². The van der Waals surface area contributed by atoms with Crippen LogP contribution in [0.4, 0.5) is 5.69 Å². The molecule has 3 N–H and O–H groups in total. The molecule has 112 valence electrons. The zero-order chi connectivity index (χ0) is 15.7. The molecular weight excluding hydrogens is 293 g/mol. The van der Waals surface area contributed by atoms with Gasteiger partial charge in [-0.25, -0.2) is 4.57 Å². The molecule has 0 aliphatic heterocycles. The summed E-state index contributed by atoms with van der Waals surface area (Å²) >= 11 is 0. The Labute approximate surface area is 122 Å². The Morgan fingerprint density at radius 2 is 1.52 bits per heavy atom. The number of para-hydroxylation sites is 1. The van der Waals surface area contributed by atoms with Crippen molar-refractivity contribution in [2.45, 2.75) is 0 Å². The standard InChI is InChI=1S/C14H13NO.H3O4P/c1-16-14-9-7-12(8-10-14)11-15-13-5-3-2-4-6-13;1-5(2,3)4/h2-11H,1H3;(H3,1,2,3,4). The van der Waals surface area contributed by atoms with E-state index in [0.29, 0.717) is 0 Å². The van der Waals surface area contributed by atoms with Crippen molar-refractivity contribution in [1.29, 1.82) is 0 Å². The molecule has 0 radical (unpaired) electrons. The second kappa shape index (κ2) is 8.34. The highest BCUT2D eigenvalue weighted by atomic mass is 31.2. The molecule has 0 spiro atoms. The van der Waals surface area contributed by atoms with Crippen LogP contribution in [0.2, 0.25) is 0 Å². The van der Waals surface area contributed by atoms with Crippen molar-refractivity contribution in [1.82, 2.24) is 0 Å². The second-order valence-corrected chi connectivity index (χ2v) is 4.91. The van der Waals surface area contributed by atoms with Crippen LogP contribution in [0.15, 0.2) is 59.6 Å². The number of hydrogen-bond donors (Lipinski definition) is 3. The molecule has 0 saturated heterocycles. The summed E-state index contributed by atoms with van der Waals surface area (Å²) in [6, 6.07) is 17.7. The van der Waals surface area contributed by atoms with Gasteiger partial charge in [-0.15, -0.1) is 0 Å². The summed E-state index contributed by atoms with van der Waals surface area (Å²) in [5, 5.41) is 0. The summed E-state index contributed by atoms with van der Waals surface area (Å²) in [4.78, 5) is 25.9. The van der Waals surface area contributed by atoms with Gasteiger partial charge in [0.2, 0.25) is 0 Å². The van der Waals surface area contributed by atoms with Crippen molar-refractivity contribution >= 4 is 19.7 Å². The van der Waals surface area contributed by atoms with Crippen molar-refractivity contribution in [2.75, 3.05) is 7.11 Å². The van der Waals surface area contributed by atoms with Gasteiger partial charge in [-0.2, -0.15) is 0 Å². The maximum Gasteiger partial charge on any atom is 0.466 e. The average molecular weight is 309 g/mol. The molecule has 0 saturated carbocycles. The summed E-state index contributed by atoms with van der Waals surface area (Å²) < 4.78 is 14.0. The fraction of sp³-hybridized carbons (Fsp3) is 0.0714. The zero-order valence-electron chi connectivity index (χ0n) is 11.3. The predicted molar refractivity (Wildman–Crippen MR) is 81.0 cm³/mol. The minimum atomic E-state index is -4.64. The van der Waals surface area contributed by atoms with Gasteiger partial charge in [0.1, 0.15) is 5.75 Å². The molecule has 0 aliphatic carbocycles. The fourth-order valence-corrected chi connectivity index (χ4v) is 1.35. The molecule has 0 fully saturated rings. The Hall–Kier alpha value is -1.98. The molecule has 0 heterocycles. The lowest BCUT2D eigenvalue weighted by atomic mass is 10.2. The Kier molecular flexibility index (Phi) is 6.78. The van der Waals surface area contributed by atoms with Crippen LogP contribution in [0.3, 0.4) is 0 Å². The fourth-order valence-electron chi connectivity index (χ4n) is 1.35. The minimum Gasteiger partial charge on any atom is -0.497 e. The van der Waals surface area contributed by atoms with Crippen LogP contribution in [0.1, 0.15) is 5.56 Å². The molecule has 0 aliphatic rings. The molecular formula is C14H16NO5P. The lowest BCUT2D eigenvalue weighted by Crippen LogP contribution is -1.84. The second-order valence-electron chi connectivity index (χ2n) is 3.88. The van der Waals surface area contributed by atoms with Crippen molar-refractivity contribution in [3.05, 3.63) is 60.2 Å². The first kappa shape index (κ1) is 17.1. The first-order valence-corrected chi connectivity index (χ1v) is 7.46. The molecule has 2 aromatic carbocycles. The number of hydrogen-bond acceptors (Lipinski definition) is 3. The highest BCUT2D eigenvalue weighted by Gasteiger charge is 2.00. The third-order valence-corrected chi connectivity index (χ3v) is 2.23. The molecule has 7 heteroatoms. The lowest BCUT2D eigenvalue weighted by molar-refractivity contribution is 0.275. The predicted octanol–water partition coefficient (Wildman–Crippen LogP) is 2.52. The van der Waals surface area contributed by atoms with Crippen molar-refractivity contribution in [3.8, 4) is 5.75 Å². The summed E-state index contributed by atoms with van der Waals surface area (Å²) in [7, 11) is -2.98. The van der Waals surface area contributed by atoms with Gasteiger partial charge in [-0.3, -0.25) is 4.99 Å². The number of ether oxygens (including phenoxy) is 1. The Balaban J connectivity index is 0.000000383. The number of phosphoric acid groups is 1. The first-order chi connectivity index (χ1) is 9.88. The zero-order valence-corrected chi connectivity index (χ0v) is 12.2. The number of rotatable bonds is 3. The first-order valence-electron chi connectivity index (χ1n) is 5.90. The largest absolute Gasteiger partial charge is 0.497 e. The number of benzene rings is 2. The van der Waals surface area contributed by atoms with Crippen molar-refractivity contribution in [2.24, 2.45) is 4.99 Å². The van der Waals surface area contributed by atoms with E-state index < -0.39 is 7.82 Å². The van der Waals surface area contributed by atoms with Crippen LogP contribution < -0.4 is 4.74 Å². The quantitative estimate of drug-likeness (QED) is 0.597. The highest BCUT2D eigenvalue weighted by molar-refractivity contribution is 7.45. The van der Waals surface area contributed by atoms with Gasteiger partial charge in [-0.05, 0) is 42.0 Å². The molecule has 2 rings (SSSR count). The highest BCUT2D eigenvalue weighted by Crippen LogP contribution is 2.25. The normalized spacial score (nSPS) is 10.9. The number of methoxy groups -OCH3 is 1. The van der Waals surface area contributed by atoms with E-state index in [1.165, 1.54) is 0 Å². The van der Waals surface area contributed by atoms with E-state index in [0.717, 1.165) is 17.0 Å². The topological polar surface area (TPSA) is 99.4 Å². The smallest absolute Gasteiger partial charge is 0.466 e. The molecule has 0 bridgehead atoms. The molecule has 0 aromatic heterocycles. The van der Waals surface area contributed by atoms with Crippen LogP contribution in [0.5, 0.6) is 5.75 Å². The van der Waals surface area contributed by atoms with Crippen molar-refractivity contribution < 1.29 is 24.0 Å². The van der Waals surface area contributed by atoms with E-state index in [1.807, 2.05) is 60.8 Å². The van der Waals surface area contributed by atoms with Gasteiger partial charge in [0.15, 0.2) is 0 Å². The third kappa shape index (κ3) is 8.73. The van der Waals surface area contributed by atoms with Gasteiger partial charge < -0.3 is 19.4 Å². The maximum absolute atomic E-state index is 8.88. The van der Waals surface area contributed by atoms with Gasteiger partial charge in [-0.1, -0.05) is 18.2 Å². The lowest BCUT2D eigenvalue weighted by Gasteiger charge is -1.98. The Bertz CT molecular complexity index is 599. The third-order valence-electron chi connectivity index (χ3n) is 2.23. The van der Waals surface area contributed by atoms with E-state index in [2.05, 4.69) is 4.99 Å². The molecule has 0 amide bonds. The van der Waals surface area contributed by atoms with Gasteiger partial charge in [0.05, 0.1) is 12.8 Å². The van der Waals surface area contributed by atoms with E-state index in [-0.39, 0.29) is 0 Å². The number of aliphatic imine (C=N–C) groups is 1. The van der Waals surface area contributed by atoms with Gasteiger partial charge in [0.25, 0.3) is 0 Å². The van der Waals surface area contributed by atoms with Crippen LogP contribution in [0, 0.1) is 0 Å². The maximum atomic E-state index is 8.88. The van der Waals surface area contributed by atoms with Crippen LogP contribution >= 0.6 is 7.82 Å². The molecule has 2 aromatic rings. The monoisotopic (exact) mass is 309 g/mol. The molecule has 21 heavy (non-hydrogen) atoms. The molecule has 6 nitrogen and oxygen atoms in total.